The molecule has 2 atom stereocenters. The van der Waals surface area contributed by atoms with Gasteiger partial charge >= 0.3 is 0 Å². The molecule has 1 nitrogen and oxygen atoms in total. The molecule has 0 aliphatic heterocycles. The molecule has 1 radical (unpaired) electrons. The Bertz CT molecular complexity index is 182. The molecule has 2 heteroatoms. The van der Waals surface area contributed by atoms with Gasteiger partial charge in [-0.1, -0.05) is 65.7 Å². The lowest BCUT2D eigenvalue weighted by molar-refractivity contribution is 0.270. The number of unbranched alkanes of at least 4 members (excludes halogenated alkanes) is 6. The van der Waals surface area contributed by atoms with Crippen molar-refractivity contribution in [1.29, 1.82) is 0 Å². The van der Waals surface area contributed by atoms with Gasteiger partial charge in [-0.2, -0.15) is 0 Å². The standard InChI is InChI=1S/C17H34ClO/c1-4-5-6-7-8-9-10-13-17(18)16(15(2)3)12-11-14-19/h16-17,19H,4-14H2,1-3H3. The van der Waals surface area contributed by atoms with Gasteiger partial charge in [0, 0.05) is 12.0 Å². The summed E-state index contributed by atoms with van der Waals surface area (Å²) >= 11 is 6.54. The zero-order valence-electron chi connectivity index (χ0n) is 13.3. The summed E-state index contributed by atoms with van der Waals surface area (Å²) in [7, 11) is 0. The third-order valence-electron chi connectivity index (χ3n) is 3.93. The number of aliphatic hydroxyl groups excluding tert-OH is 1. The van der Waals surface area contributed by atoms with E-state index in [-0.39, 0.29) is 12.0 Å². The molecule has 0 amide bonds. The molecule has 2 unspecified atom stereocenters. The third kappa shape index (κ3) is 10.7. The second-order valence-electron chi connectivity index (χ2n) is 5.98. The fourth-order valence-corrected chi connectivity index (χ4v) is 3.17. The molecule has 19 heavy (non-hydrogen) atoms. The van der Waals surface area contributed by atoms with Gasteiger partial charge in [0.2, 0.25) is 0 Å². The van der Waals surface area contributed by atoms with Gasteiger partial charge in [0.15, 0.2) is 0 Å². The van der Waals surface area contributed by atoms with E-state index < -0.39 is 0 Å². The molecule has 0 aromatic heterocycles. The van der Waals surface area contributed by atoms with Crippen molar-refractivity contribution in [3.05, 3.63) is 5.92 Å². The molecule has 0 aromatic carbocycles. The lowest BCUT2D eigenvalue weighted by atomic mass is 9.86. The highest BCUT2D eigenvalue weighted by Crippen LogP contribution is 2.29. The van der Waals surface area contributed by atoms with Gasteiger partial charge in [0.1, 0.15) is 0 Å². The van der Waals surface area contributed by atoms with Crippen LogP contribution >= 0.6 is 11.6 Å². The second-order valence-corrected chi connectivity index (χ2v) is 6.54. The normalized spacial score (nSPS) is 14.8. The summed E-state index contributed by atoms with van der Waals surface area (Å²) in [5, 5.41) is 9.20. The second kappa shape index (κ2) is 13.2. The van der Waals surface area contributed by atoms with E-state index in [1.165, 1.54) is 50.9 Å². The minimum absolute atomic E-state index is 0.257. The van der Waals surface area contributed by atoms with Crippen LogP contribution in [-0.4, -0.2) is 17.1 Å². The SMILES string of the molecule is CCCCCCCCCC(Cl)C(CCCO)[C](C)C. The zero-order chi connectivity index (χ0) is 14.5. The van der Waals surface area contributed by atoms with Crippen LogP contribution in [0.3, 0.4) is 0 Å². The molecular formula is C17H34ClO. The molecule has 115 valence electrons. The Morgan fingerprint density at radius 3 is 2.00 bits per heavy atom. The van der Waals surface area contributed by atoms with Crippen LogP contribution in [0.1, 0.15) is 85.0 Å². The molecule has 0 spiro atoms. The van der Waals surface area contributed by atoms with Crippen molar-refractivity contribution in [2.75, 3.05) is 6.61 Å². The van der Waals surface area contributed by atoms with E-state index in [9.17, 15) is 0 Å². The number of aliphatic hydroxyl groups is 1. The summed E-state index contributed by atoms with van der Waals surface area (Å²) in [4.78, 5) is 0. The topological polar surface area (TPSA) is 20.2 Å². The Balaban J connectivity index is 3.65. The number of rotatable bonds is 13. The number of alkyl halides is 1. The fourth-order valence-electron chi connectivity index (χ4n) is 2.64. The first-order chi connectivity index (χ1) is 9.13. The Labute approximate surface area is 126 Å². The van der Waals surface area contributed by atoms with Crippen molar-refractivity contribution in [2.45, 2.75) is 90.4 Å². The predicted octanol–water partition coefficient (Wildman–Crippen LogP) is 5.74. The van der Waals surface area contributed by atoms with Crippen molar-refractivity contribution in [3.63, 3.8) is 0 Å². The first-order valence-corrected chi connectivity index (χ1v) is 8.62. The highest BCUT2D eigenvalue weighted by atomic mass is 35.5. The predicted molar refractivity (Wildman–Crippen MR) is 86.7 cm³/mol. The van der Waals surface area contributed by atoms with Crippen LogP contribution < -0.4 is 0 Å². The molecule has 0 saturated carbocycles. The third-order valence-corrected chi connectivity index (χ3v) is 4.46. The van der Waals surface area contributed by atoms with Crippen LogP contribution in [0, 0.1) is 11.8 Å². The number of halogens is 1. The summed E-state index contributed by atoms with van der Waals surface area (Å²) in [6.07, 6.45) is 12.4. The van der Waals surface area contributed by atoms with E-state index in [4.69, 9.17) is 16.7 Å². The van der Waals surface area contributed by atoms with Crippen molar-refractivity contribution >= 4 is 11.6 Å². The molecular weight excluding hydrogens is 256 g/mol. The maximum Gasteiger partial charge on any atom is 0.0431 e. The molecule has 0 rings (SSSR count). The van der Waals surface area contributed by atoms with Gasteiger partial charge in [-0.25, -0.2) is 0 Å². The van der Waals surface area contributed by atoms with Crippen molar-refractivity contribution in [3.8, 4) is 0 Å². The molecule has 1 N–H and O–H groups in total. The van der Waals surface area contributed by atoms with E-state index >= 15 is 0 Å². The Kier molecular flexibility index (Phi) is 13.4. The zero-order valence-corrected chi connectivity index (χ0v) is 14.0. The first-order valence-electron chi connectivity index (χ1n) is 8.18. The average Bonchev–Trinajstić information content (AvgIpc) is 2.37. The van der Waals surface area contributed by atoms with Gasteiger partial charge in [-0.15, -0.1) is 11.6 Å². The van der Waals surface area contributed by atoms with Crippen LogP contribution in [0.15, 0.2) is 0 Å². The molecule has 0 aliphatic carbocycles. The van der Waals surface area contributed by atoms with E-state index in [0.717, 1.165) is 19.3 Å². The first kappa shape index (κ1) is 19.2. The minimum Gasteiger partial charge on any atom is -0.396 e. The highest BCUT2D eigenvalue weighted by molar-refractivity contribution is 6.20. The van der Waals surface area contributed by atoms with E-state index in [2.05, 4.69) is 20.8 Å². The van der Waals surface area contributed by atoms with Crippen LogP contribution in [0.5, 0.6) is 0 Å². The maximum atomic E-state index is 8.94. The summed E-state index contributed by atoms with van der Waals surface area (Å²) < 4.78 is 0. The fraction of sp³-hybridized carbons (Fsp3) is 0.941. The van der Waals surface area contributed by atoms with Crippen LogP contribution in [0.25, 0.3) is 0 Å². The monoisotopic (exact) mass is 289 g/mol. The van der Waals surface area contributed by atoms with Gasteiger partial charge in [-0.3, -0.25) is 0 Å². The highest BCUT2D eigenvalue weighted by Gasteiger charge is 2.22. The van der Waals surface area contributed by atoms with Gasteiger partial charge in [0.25, 0.3) is 0 Å². The van der Waals surface area contributed by atoms with E-state index in [0.29, 0.717) is 5.92 Å². The molecule has 0 aliphatic rings. The number of hydrogen-bond donors (Lipinski definition) is 1. The van der Waals surface area contributed by atoms with Crippen LogP contribution in [-0.2, 0) is 0 Å². The van der Waals surface area contributed by atoms with E-state index in [1.807, 2.05) is 0 Å². The molecule has 0 bridgehead atoms. The van der Waals surface area contributed by atoms with Crippen molar-refractivity contribution in [2.24, 2.45) is 5.92 Å². The number of hydrogen-bond acceptors (Lipinski definition) is 1. The molecule has 0 saturated heterocycles. The van der Waals surface area contributed by atoms with Gasteiger partial charge in [-0.05, 0) is 31.1 Å². The Hall–Kier alpha value is 0.250. The average molecular weight is 290 g/mol. The summed E-state index contributed by atoms with van der Waals surface area (Å²) in [5.41, 5.74) is 0. The lowest BCUT2D eigenvalue weighted by Crippen LogP contribution is -2.20. The smallest absolute Gasteiger partial charge is 0.0431 e. The van der Waals surface area contributed by atoms with E-state index in [1.54, 1.807) is 0 Å². The van der Waals surface area contributed by atoms with Crippen molar-refractivity contribution < 1.29 is 5.11 Å². The Morgan fingerprint density at radius 2 is 1.47 bits per heavy atom. The van der Waals surface area contributed by atoms with Crippen LogP contribution in [0.2, 0.25) is 0 Å². The molecule has 0 heterocycles. The van der Waals surface area contributed by atoms with Crippen LogP contribution in [0.4, 0.5) is 0 Å². The van der Waals surface area contributed by atoms with Gasteiger partial charge in [0.05, 0.1) is 0 Å². The lowest BCUT2D eigenvalue weighted by Gasteiger charge is -2.25. The Morgan fingerprint density at radius 1 is 0.895 bits per heavy atom. The molecule has 0 fully saturated rings. The quantitative estimate of drug-likeness (QED) is 0.339. The minimum atomic E-state index is 0.257. The summed E-state index contributed by atoms with van der Waals surface area (Å²) in [6.45, 7) is 6.88. The molecule has 0 aromatic rings. The largest absolute Gasteiger partial charge is 0.396 e. The maximum absolute atomic E-state index is 8.94. The van der Waals surface area contributed by atoms with Gasteiger partial charge < -0.3 is 5.11 Å². The van der Waals surface area contributed by atoms with Crippen molar-refractivity contribution in [1.82, 2.24) is 0 Å². The summed E-state index contributed by atoms with van der Waals surface area (Å²) in [5.74, 6) is 1.89. The summed E-state index contributed by atoms with van der Waals surface area (Å²) in [6, 6.07) is 0.